The minimum absolute atomic E-state index is 0.0865. The summed E-state index contributed by atoms with van der Waals surface area (Å²) in [5.74, 6) is 2.36. The average Bonchev–Trinajstić information content (AvgIpc) is 2.45. The summed E-state index contributed by atoms with van der Waals surface area (Å²) in [6, 6.07) is 1.86. The molecule has 1 aliphatic rings. The van der Waals surface area contributed by atoms with Crippen LogP contribution < -0.4 is 0 Å². The Morgan fingerprint density at radius 1 is 1.41 bits per heavy atom. The van der Waals surface area contributed by atoms with Crippen LogP contribution in [-0.2, 0) is 16.0 Å². The van der Waals surface area contributed by atoms with Crippen LogP contribution >= 0.6 is 0 Å². The van der Waals surface area contributed by atoms with Gasteiger partial charge in [0.1, 0.15) is 11.9 Å². The Morgan fingerprint density at radius 3 is 2.86 bits per heavy atom. The highest BCUT2D eigenvalue weighted by Crippen LogP contribution is 2.35. The molecule has 0 aromatic carbocycles. The largest absolute Gasteiger partial charge is 0.462 e. The van der Waals surface area contributed by atoms with Gasteiger partial charge in [-0.2, -0.15) is 0 Å². The van der Waals surface area contributed by atoms with E-state index in [-0.39, 0.29) is 12.1 Å². The molecule has 0 unspecified atom stereocenters. The predicted molar refractivity (Wildman–Crippen MR) is 86.3 cm³/mol. The van der Waals surface area contributed by atoms with Crippen molar-refractivity contribution in [2.45, 2.75) is 65.9 Å². The molecule has 0 N–H and O–H groups in total. The van der Waals surface area contributed by atoms with Crippen molar-refractivity contribution in [3.8, 4) is 0 Å². The summed E-state index contributed by atoms with van der Waals surface area (Å²) in [5, 5.41) is 0. The van der Waals surface area contributed by atoms with Gasteiger partial charge >= 0.3 is 5.97 Å². The number of esters is 1. The molecule has 0 aliphatic heterocycles. The standard InChI is InChI=1S/C18H28N2O2/c1-12(2)16-7-5-13(3)11-17(16)22-18(21)8-6-15-9-10-19-14(4)20-15/h9-10,12-13,16-17H,5-8,11H2,1-4H3/t13-,16+,17-/m0/s1. The SMILES string of the molecule is Cc1nccc(CCC(=O)O[C@H]2C[C@@H](C)CC[C@@H]2C(C)C)n1. The Labute approximate surface area is 133 Å². The van der Waals surface area contributed by atoms with E-state index in [4.69, 9.17) is 4.74 Å². The number of ether oxygens (including phenoxy) is 1. The molecule has 1 aliphatic carbocycles. The van der Waals surface area contributed by atoms with Gasteiger partial charge in [0.15, 0.2) is 0 Å². The van der Waals surface area contributed by atoms with Gasteiger partial charge in [0, 0.05) is 18.3 Å². The first kappa shape index (κ1) is 16.9. The molecule has 0 radical (unpaired) electrons. The summed E-state index contributed by atoms with van der Waals surface area (Å²) in [4.78, 5) is 20.6. The monoisotopic (exact) mass is 304 g/mol. The van der Waals surface area contributed by atoms with E-state index >= 15 is 0 Å². The van der Waals surface area contributed by atoms with Crippen LogP contribution in [0.1, 0.15) is 58.0 Å². The fourth-order valence-corrected chi connectivity index (χ4v) is 3.35. The minimum Gasteiger partial charge on any atom is -0.462 e. The van der Waals surface area contributed by atoms with E-state index in [1.54, 1.807) is 6.20 Å². The number of rotatable bonds is 5. The van der Waals surface area contributed by atoms with Crippen molar-refractivity contribution < 1.29 is 9.53 Å². The molecule has 1 aromatic rings. The molecule has 0 bridgehead atoms. The van der Waals surface area contributed by atoms with Crippen molar-refractivity contribution in [1.29, 1.82) is 0 Å². The zero-order valence-corrected chi connectivity index (χ0v) is 14.2. The topological polar surface area (TPSA) is 52.1 Å². The molecule has 122 valence electrons. The molecule has 1 heterocycles. The van der Waals surface area contributed by atoms with Crippen molar-refractivity contribution in [3.05, 3.63) is 23.8 Å². The summed E-state index contributed by atoms with van der Waals surface area (Å²) in [5.41, 5.74) is 0.905. The van der Waals surface area contributed by atoms with E-state index in [0.29, 0.717) is 30.6 Å². The second kappa shape index (κ2) is 7.70. The van der Waals surface area contributed by atoms with Gasteiger partial charge < -0.3 is 4.74 Å². The van der Waals surface area contributed by atoms with E-state index in [1.165, 1.54) is 12.8 Å². The highest BCUT2D eigenvalue weighted by Gasteiger charge is 2.33. The van der Waals surface area contributed by atoms with Crippen LogP contribution in [-0.4, -0.2) is 22.0 Å². The molecule has 4 heteroatoms. The smallest absolute Gasteiger partial charge is 0.306 e. The zero-order valence-electron chi connectivity index (χ0n) is 14.2. The van der Waals surface area contributed by atoms with Crippen LogP contribution in [0.4, 0.5) is 0 Å². The molecule has 3 atom stereocenters. The van der Waals surface area contributed by atoms with Gasteiger partial charge in [-0.15, -0.1) is 0 Å². The van der Waals surface area contributed by atoms with Crippen LogP contribution in [0.3, 0.4) is 0 Å². The Morgan fingerprint density at radius 2 is 2.18 bits per heavy atom. The fraction of sp³-hybridized carbons (Fsp3) is 0.722. The first-order chi connectivity index (χ1) is 10.5. The molecule has 22 heavy (non-hydrogen) atoms. The summed E-state index contributed by atoms with van der Waals surface area (Å²) in [6.45, 7) is 8.57. The van der Waals surface area contributed by atoms with Crippen molar-refractivity contribution in [2.75, 3.05) is 0 Å². The van der Waals surface area contributed by atoms with Gasteiger partial charge in [0.25, 0.3) is 0 Å². The van der Waals surface area contributed by atoms with Crippen LogP contribution in [0.25, 0.3) is 0 Å². The molecule has 1 saturated carbocycles. The third-order valence-electron chi connectivity index (χ3n) is 4.66. The lowest BCUT2D eigenvalue weighted by atomic mass is 9.75. The summed E-state index contributed by atoms with van der Waals surface area (Å²) in [6.07, 6.45) is 6.26. The van der Waals surface area contributed by atoms with Gasteiger partial charge in [0.05, 0.1) is 6.42 Å². The Kier molecular flexibility index (Phi) is 5.92. The van der Waals surface area contributed by atoms with E-state index in [9.17, 15) is 4.79 Å². The lowest BCUT2D eigenvalue weighted by Crippen LogP contribution is -2.35. The number of nitrogens with zero attached hydrogens (tertiary/aromatic N) is 2. The van der Waals surface area contributed by atoms with Crippen LogP contribution in [0.5, 0.6) is 0 Å². The summed E-state index contributed by atoms with van der Waals surface area (Å²) >= 11 is 0. The first-order valence-corrected chi connectivity index (χ1v) is 8.43. The van der Waals surface area contributed by atoms with Crippen LogP contribution in [0.2, 0.25) is 0 Å². The number of carbonyl (C=O) groups is 1. The third kappa shape index (κ3) is 4.79. The maximum absolute atomic E-state index is 12.2. The number of hydrogen-bond acceptors (Lipinski definition) is 4. The average molecular weight is 304 g/mol. The maximum Gasteiger partial charge on any atom is 0.306 e. The Hall–Kier alpha value is -1.45. The van der Waals surface area contributed by atoms with E-state index in [0.717, 1.165) is 17.9 Å². The lowest BCUT2D eigenvalue weighted by Gasteiger charge is -2.36. The third-order valence-corrected chi connectivity index (χ3v) is 4.66. The molecule has 4 nitrogen and oxygen atoms in total. The Balaban J connectivity index is 1.87. The molecule has 0 amide bonds. The number of hydrogen-bond donors (Lipinski definition) is 0. The highest BCUT2D eigenvalue weighted by molar-refractivity contribution is 5.69. The van der Waals surface area contributed by atoms with Crippen molar-refractivity contribution in [2.24, 2.45) is 17.8 Å². The fourth-order valence-electron chi connectivity index (χ4n) is 3.35. The van der Waals surface area contributed by atoms with Gasteiger partial charge in [-0.25, -0.2) is 9.97 Å². The second-order valence-corrected chi connectivity index (χ2v) is 6.95. The van der Waals surface area contributed by atoms with Gasteiger partial charge in [-0.1, -0.05) is 27.2 Å². The normalized spacial score (nSPS) is 25.2. The molecule has 0 saturated heterocycles. The molecule has 2 rings (SSSR count). The van der Waals surface area contributed by atoms with Crippen LogP contribution in [0.15, 0.2) is 12.3 Å². The molecule has 1 aromatic heterocycles. The van der Waals surface area contributed by atoms with Crippen molar-refractivity contribution in [3.63, 3.8) is 0 Å². The molecular formula is C18H28N2O2. The van der Waals surface area contributed by atoms with E-state index in [1.807, 2.05) is 13.0 Å². The number of aryl methyl sites for hydroxylation is 2. The van der Waals surface area contributed by atoms with Gasteiger partial charge in [-0.3, -0.25) is 4.79 Å². The first-order valence-electron chi connectivity index (χ1n) is 8.43. The van der Waals surface area contributed by atoms with Gasteiger partial charge in [-0.05, 0) is 43.6 Å². The number of carbonyl (C=O) groups excluding carboxylic acids is 1. The summed E-state index contributed by atoms with van der Waals surface area (Å²) < 4.78 is 5.81. The number of aromatic nitrogens is 2. The quantitative estimate of drug-likeness (QED) is 0.778. The molecule has 0 spiro atoms. The lowest BCUT2D eigenvalue weighted by molar-refractivity contribution is -0.155. The van der Waals surface area contributed by atoms with E-state index < -0.39 is 0 Å². The Bertz CT molecular complexity index is 502. The van der Waals surface area contributed by atoms with Crippen molar-refractivity contribution in [1.82, 2.24) is 9.97 Å². The zero-order chi connectivity index (χ0) is 16.1. The van der Waals surface area contributed by atoms with Crippen molar-refractivity contribution >= 4 is 5.97 Å². The highest BCUT2D eigenvalue weighted by atomic mass is 16.5. The summed E-state index contributed by atoms with van der Waals surface area (Å²) in [7, 11) is 0. The maximum atomic E-state index is 12.2. The van der Waals surface area contributed by atoms with E-state index in [2.05, 4.69) is 30.7 Å². The van der Waals surface area contributed by atoms with Crippen LogP contribution in [0, 0.1) is 24.7 Å². The molecular weight excluding hydrogens is 276 g/mol. The second-order valence-electron chi connectivity index (χ2n) is 6.95. The minimum atomic E-state index is -0.0963. The van der Waals surface area contributed by atoms with Gasteiger partial charge in [0.2, 0.25) is 0 Å². The molecule has 1 fully saturated rings. The predicted octanol–water partition coefficient (Wildman–Crippen LogP) is 3.72.